The number of thiazole rings is 2. The van der Waals surface area contributed by atoms with E-state index in [1.165, 1.54) is 11.3 Å². The van der Waals surface area contributed by atoms with Crippen LogP contribution < -0.4 is 5.32 Å². The van der Waals surface area contributed by atoms with E-state index in [1.54, 1.807) is 34.6 Å². The lowest BCUT2D eigenvalue weighted by Crippen LogP contribution is -2.36. The van der Waals surface area contributed by atoms with Crippen molar-refractivity contribution >= 4 is 56.7 Å². The lowest BCUT2D eigenvalue weighted by Gasteiger charge is -2.25. The van der Waals surface area contributed by atoms with Gasteiger partial charge in [-0.15, -0.1) is 22.7 Å². The van der Waals surface area contributed by atoms with E-state index >= 15 is 0 Å². The molecule has 0 aromatic carbocycles. The Kier molecular flexibility index (Phi) is 6.82. The van der Waals surface area contributed by atoms with Crippen molar-refractivity contribution in [2.45, 2.75) is 39.7 Å². The number of fused-ring (bicyclic) bond motifs is 1. The van der Waals surface area contributed by atoms with Crippen LogP contribution in [0, 0.1) is 11.8 Å². The number of thiophene rings is 1. The third kappa shape index (κ3) is 4.82. The van der Waals surface area contributed by atoms with Gasteiger partial charge in [0.05, 0.1) is 33.6 Å². The molecule has 168 valence electrons. The van der Waals surface area contributed by atoms with Gasteiger partial charge in [-0.1, -0.05) is 31.3 Å². The summed E-state index contributed by atoms with van der Waals surface area (Å²) in [7, 11) is 1.74. The lowest BCUT2D eigenvalue weighted by atomic mass is 9.89. The molecular weight excluding hydrogens is 464 g/mol. The van der Waals surface area contributed by atoms with Crippen LogP contribution in [0.25, 0.3) is 9.88 Å². The summed E-state index contributed by atoms with van der Waals surface area (Å²) in [6, 6.07) is 4.02. The van der Waals surface area contributed by atoms with E-state index in [0.29, 0.717) is 28.7 Å². The number of rotatable bonds is 7. The molecule has 1 aliphatic rings. The molecule has 0 spiro atoms. The fraction of sp³-hybridized carbons (Fsp3) is 0.409. The van der Waals surface area contributed by atoms with Crippen LogP contribution in [0.15, 0.2) is 22.9 Å². The van der Waals surface area contributed by atoms with Crippen LogP contribution in [0.3, 0.4) is 0 Å². The first kappa shape index (κ1) is 22.8. The number of carbonyl (C=O) groups is 3. The van der Waals surface area contributed by atoms with E-state index in [2.05, 4.69) is 15.3 Å². The largest absolute Gasteiger partial charge is 0.340 e. The normalized spacial score (nSPS) is 16.5. The second-order valence-electron chi connectivity index (χ2n) is 7.94. The maximum Gasteiger partial charge on any atom is 0.228 e. The Morgan fingerprint density at radius 2 is 2.09 bits per heavy atom. The van der Waals surface area contributed by atoms with Crippen LogP contribution in [0.5, 0.6) is 0 Å². The molecule has 0 unspecified atom stereocenters. The van der Waals surface area contributed by atoms with Crippen molar-refractivity contribution in [1.82, 2.24) is 14.9 Å². The van der Waals surface area contributed by atoms with E-state index in [1.807, 2.05) is 36.7 Å². The Labute approximate surface area is 198 Å². The van der Waals surface area contributed by atoms with Crippen molar-refractivity contribution in [3.8, 4) is 9.88 Å². The first-order valence-electron chi connectivity index (χ1n) is 10.4. The Hall–Kier alpha value is -2.43. The van der Waals surface area contributed by atoms with E-state index in [9.17, 15) is 14.4 Å². The zero-order valence-corrected chi connectivity index (χ0v) is 20.5. The monoisotopic (exact) mass is 488 g/mol. The molecule has 0 saturated carbocycles. The van der Waals surface area contributed by atoms with Crippen molar-refractivity contribution in [3.63, 3.8) is 0 Å². The topological polar surface area (TPSA) is 92.3 Å². The van der Waals surface area contributed by atoms with Crippen molar-refractivity contribution in [3.05, 3.63) is 39.2 Å². The van der Waals surface area contributed by atoms with Crippen LogP contribution in [0.1, 0.15) is 47.7 Å². The second kappa shape index (κ2) is 9.60. The molecular formula is C22H24N4O3S3. The molecule has 0 fully saturated rings. The second-order valence-corrected chi connectivity index (χ2v) is 10.7. The summed E-state index contributed by atoms with van der Waals surface area (Å²) < 4.78 is 0. The molecule has 3 heterocycles. The van der Waals surface area contributed by atoms with Gasteiger partial charge in [0, 0.05) is 31.2 Å². The summed E-state index contributed by atoms with van der Waals surface area (Å²) >= 11 is 4.40. The predicted octanol–water partition coefficient (Wildman–Crippen LogP) is 4.72. The predicted molar refractivity (Wildman–Crippen MR) is 128 cm³/mol. The molecule has 3 aromatic rings. The smallest absolute Gasteiger partial charge is 0.228 e. The van der Waals surface area contributed by atoms with Gasteiger partial charge in [-0.05, 0) is 17.9 Å². The quantitative estimate of drug-likeness (QED) is 0.520. The summed E-state index contributed by atoms with van der Waals surface area (Å²) in [5.74, 6) is -0.860. The molecule has 0 bridgehead atoms. The maximum absolute atomic E-state index is 13.1. The molecule has 2 amide bonds. The molecule has 0 saturated heterocycles. The van der Waals surface area contributed by atoms with Crippen molar-refractivity contribution in [2.75, 3.05) is 12.4 Å². The zero-order chi connectivity index (χ0) is 22.8. The Balaban J connectivity index is 1.41. The Morgan fingerprint density at radius 3 is 2.81 bits per heavy atom. The van der Waals surface area contributed by atoms with E-state index in [-0.39, 0.29) is 29.9 Å². The highest BCUT2D eigenvalue weighted by Crippen LogP contribution is 2.34. The molecule has 0 radical (unpaired) electrons. The molecule has 7 nitrogen and oxygen atoms in total. The Bertz CT molecular complexity index is 1140. The number of Topliss-reactive ketones (excluding diaryl/α,β-unsaturated/α-hetero) is 1. The van der Waals surface area contributed by atoms with Gasteiger partial charge in [-0.25, -0.2) is 9.97 Å². The van der Waals surface area contributed by atoms with Gasteiger partial charge in [-0.3, -0.25) is 14.4 Å². The average molecular weight is 489 g/mol. The molecule has 4 rings (SSSR count). The average Bonchev–Trinajstić information content (AvgIpc) is 3.52. The van der Waals surface area contributed by atoms with Gasteiger partial charge in [0.1, 0.15) is 5.01 Å². The summed E-state index contributed by atoms with van der Waals surface area (Å²) in [6.45, 7) is 4.19. The number of hydrogen-bond donors (Lipinski definition) is 1. The number of amides is 2. The molecule has 1 N–H and O–H groups in total. The summed E-state index contributed by atoms with van der Waals surface area (Å²) in [5.41, 5.74) is 1.44. The van der Waals surface area contributed by atoms with Crippen LogP contribution in [-0.2, 0) is 22.6 Å². The fourth-order valence-corrected chi connectivity index (χ4v) is 6.07. The lowest BCUT2D eigenvalue weighted by molar-refractivity contribution is -0.134. The molecule has 2 atom stereocenters. The van der Waals surface area contributed by atoms with Gasteiger partial charge in [-0.2, -0.15) is 0 Å². The molecule has 1 aliphatic carbocycles. The number of nitrogens with zero attached hydrogens (tertiary/aromatic N) is 3. The van der Waals surface area contributed by atoms with Gasteiger partial charge in [0.15, 0.2) is 10.9 Å². The summed E-state index contributed by atoms with van der Waals surface area (Å²) in [5, 5.41) is 8.16. The van der Waals surface area contributed by atoms with Gasteiger partial charge < -0.3 is 10.2 Å². The number of aromatic nitrogens is 2. The number of ketones is 1. The van der Waals surface area contributed by atoms with Crippen LogP contribution in [0.2, 0.25) is 0 Å². The molecule has 10 heteroatoms. The summed E-state index contributed by atoms with van der Waals surface area (Å²) in [6.07, 6.45) is 1.29. The third-order valence-electron chi connectivity index (χ3n) is 5.52. The van der Waals surface area contributed by atoms with Gasteiger partial charge >= 0.3 is 0 Å². The van der Waals surface area contributed by atoms with Crippen LogP contribution >= 0.6 is 34.0 Å². The molecule has 0 aliphatic heterocycles. The number of anilines is 1. The first-order chi connectivity index (χ1) is 15.4. The van der Waals surface area contributed by atoms with E-state index < -0.39 is 5.92 Å². The third-order valence-corrected chi connectivity index (χ3v) is 8.50. The first-order valence-corrected chi connectivity index (χ1v) is 13.0. The number of nitrogens with one attached hydrogen (secondary N) is 1. The van der Waals surface area contributed by atoms with Crippen molar-refractivity contribution < 1.29 is 14.4 Å². The SMILES string of the molecule is CC[C@H](C)C(=O)Nc1nc2c(s1)C(=O)C[C@H](C(=O)N(C)Cc1csc(-c3cccs3)n1)C2. The van der Waals surface area contributed by atoms with Gasteiger partial charge in [0.25, 0.3) is 0 Å². The highest BCUT2D eigenvalue weighted by molar-refractivity contribution is 7.20. The highest BCUT2D eigenvalue weighted by Gasteiger charge is 2.34. The maximum atomic E-state index is 13.1. The van der Waals surface area contributed by atoms with Crippen LogP contribution in [-0.4, -0.2) is 39.5 Å². The van der Waals surface area contributed by atoms with E-state index in [4.69, 9.17) is 0 Å². The summed E-state index contributed by atoms with van der Waals surface area (Å²) in [4.78, 5) is 50.3. The van der Waals surface area contributed by atoms with Gasteiger partial charge in [0.2, 0.25) is 11.8 Å². The Morgan fingerprint density at radius 1 is 1.28 bits per heavy atom. The van der Waals surface area contributed by atoms with Crippen molar-refractivity contribution in [2.24, 2.45) is 11.8 Å². The minimum Gasteiger partial charge on any atom is -0.340 e. The number of hydrogen-bond acceptors (Lipinski definition) is 8. The standard InChI is InChI=1S/C22H24N4O3S3/c1-4-12(2)19(28)25-22-24-15-8-13(9-16(27)18(15)32-22)21(29)26(3)10-14-11-31-20(23-14)17-6-5-7-30-17/h5-7,11-13H,4,8-10H2,1-3H3,(H,24,25,28)/t12-,13+/m0/s1. The highest BCUT2D eigenvalue weighted by atomic mass is 32.1. The minimum atomic E-state index is -0.449. The fourth-order valence-electron chi connectivity index (χ4n) is 3.50. The van der Waals surface area contributed by atoms with E-state index in [0.717, 1.165) is 22.0 Å². The minimum absolute atomic E-state index is 0.0896. The van der Waals surface area contributed by atoms with Crippen LogP contribution in [0.4, 0.5) is 5.13 Å². The number of carbonyl (C=O) groups excluding carboxylic acids is 3. The zero-order valence-electron chi connectivity index (χ0n) is 18.1. The van der Waals surface area contributed by atoms with Crippen molar-refractivity contribution in [1.29, 1.82) is 0 Å². The molecule has 3 aromatic heterocycles. The molecule has 32 heavy (non-hydrogen) atoms.